The Morgan fingerprint density at radius 2 is 2.08 bits per heavy atom. The van der Waals surface area contributed by atoms with Gasteiger partial charge in [0.25, 0.3) is 0 Å². The van der Waals surface area contributed by atoms with Gasteiger partial charge in [-0.2, -0.15) is 5.10 Å². The number of hydrazone groups is 1. The summed E-state index contributed by atoms with van der Waals surface area (Å²) in [6.45, 7) is 8.09. The van der Waals surface area contributed by atoms with Crippen LogP contribution in [-0.4, -0.2) is 11.6 Å². The average molecular weight is 184 g/mol. The molecular formula is C10H20N2O. The molecule has 3 nitrogen and oxygen atoms in total. The number of nitrogens with one attached hydrogen (secondary N) is 1. The highest BCUT2D eigenvalue weighted by molar-refractivity contribution is 5.85. The van der Waals surface area contributed by atoms with Gasteiger partial charge >= 0.3 is 0 Å². The summed E-state index contributed by atoms with van der Waals surface area (Å²) in [4.78, 5) is 11.1. The normalized spacial score (nSPS) is 11.9. The number of hydrogen-bond donors (Lipinski definition) is 1. The molecule has 76 valence electrons. The number of hydrogen-bond acceptors (Lipinski definition) is 2. The van der Waals surface area contributed by atoms with Crippen molar-refractivity contribution in [3.8, 4) is 0 Å². The van der Waals surface area contributed by atoms with Crippen LogP contribution in [0.25, 0.3) is 0 Å². The van der Waals surface area contributed by atoms with Crippen molar-refractivity contribution in [1.82, 2.24) is 5.43 Å². The average Bonchev–Trinajstić information content (AvgIpc) is 2.10. The summed E-state index contributed by atoms with van der Waals surface area (Å²) in [7, 11) is 0. The molecule has 0 fully saturated rings. The van der Waals surface area contributed by atoms with Gasteiger partial charge in [0.1, 0.15) is 0 Å². The van der Waals surface area contributed by atoms with Gasteiger partial charge in [-0.15, -0.1) is 0 Å². The first-order chi connectivity index (χ1) is 6.07. The predicted octanol–water partition coefficient (Wildman–Crippen LogP) is 2.32. The van der Waals surface area contributed by atoms with Gasteiger partial charge < -0.3 is 0 Å². The second kappa shape index (κ2) is 6.63. The lowest BCUT2D eigenvalue weighted by Gasteiger charge is -2.04. The van der Waals surface area contributed by atoms with E-state index in [4.69, 9.17) is 0 Å². The van der Waals surface area contributed by atoms with Gasteiger partial charge in [0.05, 0.1) is 0 Å². The maximum atomic E-state index is 11.1. The second-order valence-corrected chi connectivity index (χ2v) is 3.55. The lowest BCUT2D eigenvalue weighted by Crippen LogP contribution is -2.19. The Labute approximate surface area is 80.6 Å². The minimum absolute atomic E-state index is 0.0156. The monoisotopic (exact) mass is 184 g/mol. The topological polar surface area (TPSA) is 41.5 Å². The first-order valence-electron chi connectivity index (χ1n) is 4.91. The Bertz CT molecular complexity index is 185. The number of unbranched alkanes of at least 4 members (excludes halogenated alkanes) is 1. The number of carbonyl (C=O) groups excluding carboxylic acids is 1. The highest BCUT2D eigenvalue weighted by Crippen LogP contribution is 1.96. The van der Waals surface area contributed by atoms with Crippen LogP contribution in [0.3, 0.4) is 0 Å². The van der Waals surface area contributed by atoms with E-state index in [1.165, 1.54) is 0 Å². The molecule has 0 bridgehead atoms. The van der Waals surface area contributed by atoms with Crippen molar-refractivity contribution >= 4 is 11.6 Å². The molecule has 1 amide bonds. The zero-order valence-corrected chi connectivity index (χ0v) is 9.05. The van der Waals surface area contributed by atoms with Gasteiger partial charge in [0.15, 0.2) is 0 Å². The van der Waals surface area contributed by atoms with E-state index in [0.717, 1.165) is 18.6 Å². The zero-order chi connectivity index (χ0) is 10.3. The van der Waals surface area contributed by atoms with Crippen LogP contribution in [0.1, 0.15) is 47.0 Å². The summed E-state index contributed by atoms with van der Waals surface area (Å²) in [6, 6.07) is 0. The van der Waals surface area contributed by atoms with Crippen LogP contribution in [0.4, 0.5) is 0 Å². The van der Waals surface area contributed by atoms with Gasteiger partial charge in [0.2, 0.25) is 5.91 Å². The first kappa shape index (κ1) is 12.1. The molecule has 0 saturated heterocycles. The van der Waals surface area contributed by atoms with Crippen molar-refractivity contribution in [3.05, 3.63) is 0 Å². The lowest BCUT2D eigenvalue weighted by atomic mass is 10.1. The van der Waals surface area contributed by atoms with Gasteiger partial charge in [-0.3, -0.25) is 4.79 Å². The van der Waals surface area contributed by atoms with Crippen LogP contribution in [0, 0.1) is 5.92 Å². The van der Waals surface area contributed by atoms with E-state index in [0.29, 0.717) is 12.3 Å². The first-order valence-corrected chi connectivity index (χ1v) is 4.91. The van der Waals surface area contributed by atoms with Crippen molar-refractivity contribution < 1.29 is 4.79 Å². The van der Waals surface area contributed by atoms with E-state index in [1.807, 2.05) is 6.92 Å². The number of rotatable bonds is 5. The van der Waals surface area contributed by atoms with Crippen molar-refractivity contribution in [1.29, 1.82) is 0 Å². The Balaban J connectivity index is 3.74. The molecule has 1 N–H and O–H groups in total. The van der Waals surface area contributed by atoms with Crippen molar-refractivity contribution in [2.24, 2.45) is 11.0 Å². The van der Waals surface area contributed by atoms with Crippen LogP contribution in [-0.2, 0) is 4.79 Å². The fraction of sp³-hybridized carbons (Fsp3) is 0.800. The van der Waals surface area contributed by atoms with E-state index >= 15 is 0 Å². The van der Waals surface area contributed by atoms with E-state index < -0.39 is 0 Å². The van der Waals surface area contributed by atoms with Crippen LogP contribution >= 0.6 is 0 Å². The third-order valence-electron chi connectivity index (χ3n) is 1.95. The Kier molecular flexibility index (Phi) is 6.20. The third-order valence-corrected chi connectivity index (χ3v) is 1.95. The smallest absolute Gasteiger partial charge is 0.240 e. The Morgan fingerprint density at radius 1 is 1.46 bits per heavy atom. The molecule has 0 aromatic heterocycles. The van der Waals surface area contributed by atoms with Crippen LogP contribution in [0.15, 0.2) is 5.10 Å². The molecule has 0 aliphatic heterocycles. The van der Waals surface area contributed by atoms with Crippen LogP contribution in [0.5, 0.6) is 0 Å². The number of carbonyl (C=O) groups is 1. The molecule has 3 heteroatoms. The second-order valence-electron chi connectivity index (χ2n) is 3.55. The Morgan fingerprint density at radius 3 is 2.54 bits per heavy atom. The fourth-order valence-electron chi connectivity index (χ4n) is 0.673. The summed E-state index contributed by atoms with van der Waals surface area (Å²) in [5, 5.41) is 3.99. The highest BCUT2D eigenvalue weighted by atomic mass is 16.2. The molecule has 0 aromatic rings. The predicted molar refractivity (Wildman–Crippen MR) is 55.6 cm³/mol. The standard InChI is InChI=1S/C10H20N2O/c1-5-6-7-10(13)12-11-9(4)8(2)3/h8H,5-7H2,1-4H3,(H,12,13)/b11-9+. The molecule has 13 heavy (non-hydrogen) atoms. The Hall–Kier alpha value is -0.860. The molecule has 0 rings (SSSR count). The minimum atomic E-state index is 0.0156. The number of amides is 1. The third kappa shape index (κ3) is 6.31. The maximum Gasteiger partial charge on any atom is 0.240 e. The number of nitrogens with zero attached hydrogens (tertiary/aromatic N) is 1. The molecule has 0 unspecified atom stereocenters. The van der Waals surface area contributed by atoms with Gasteiger partial charge in [-0.1, -0.05) is 27.2 Å². The molecule has 0 aliphatic carbocycles. The van der Waals surface area contributed by atoms with E-state index in [-0.39, 0.29) is 5.91 Å². The van der Waals surface area contributed by atoms with Crippen molar-refractivity contribution in [3.63, 3.8) is 0 Å². The fourth-order valence-corrected chi connectivity index (χ4v) is 0.673. The van der Waals surface area contributed by atoms with Crippen LogP contribution in [0.2, 0.25) is 0 Å². The summed E-state index contributed by atoms with van der Waals surface area (Å²) in [5.41, 5.74) is 3.51. The van der Waals surface area contributed by atoms with Crippen molar-refractivity contribution in [2.75, 3.05) is 0 Å². The van der Waals surface area contributed by atoms with E-state index in [1.54, 1.807) is 0 Å². The molecular weight excluding hydrogens is 164 g/mol. The van der Waals surface area contributed by atoms with Gasteiger partial charge in [-0.05, 0) is 19.3 Å². The van der Waals surface area contributed by atoms with E-state index in [9.17, 15) is 4.79 Å². The molecule has 0 spiro atoms. The van der Waals surface area contributed by atoms with Crippen LogP contribution < -0.4 is 5.43 Å². The summed E-state index contributed by atoms with van der Waals surface area (Å²) < 4.78 is 0. The molecule has 0 radical (unpaired) electrons. The SMILES string of the molecule is CCCCC(=O)N/N=C(\C)C(C)C. The lowest BCUT2D eigenvalue weighted by molar-refractivity contribution is -0.121. The largest absolute Gasteiger partial charge is 0.273 e. The van der Waals surface area contributed by atoms with Gasteiger partial charge in [0, 0.05) is 12.1 Å². The maximum absolute atomic E-state index is 11.1. The molecule has 0 atom stereocenters. The summed E-state index contributed by atoms with van der Waals surface area (Å²) in [6.07, 6.45) is 2.55. The molecule has 0 aromatic carbocycles. The zero-order valence-electron chi connectivity index (χ0n) is 9.05. The van der Waals surface area contributed by atoms with E-state index in [2.05, 4.69) is 31.3 Å². The summed E-state index contributed by atoms with van der Waals surface area (Å²) in [5.74, 6) is 0.410. The minimum Gasteiger partial charge on any atom is -0.273 e. The molecule has 0 saturated carbocycles. The summed E-state index contributed by atoms with van der Waals surface area (Å²) >= 11 is 0. The van der Waals surface area contributed by atoms with Gasteiger partial charge in [-0.25, -0.2) is 5.43 Å². The molecule has 0 heterocycles. The quantitative estimate of drug-likeness (QED) is 0.517. The highest BCUT2D eigenvalue weighted by Gasteiger charge is 2.00. The van der Waals surface area contributed by atoms with Crippen molar-refractivity contribution in [2.45, 2.75) is 47.0 Å². The molecule has 0 aliphatic rings.